The molecule has 0 aliphatic heterocycles. The Bertz CT molecular complexity index is 296. The lowest BCUT2D eigenvalue weighted by molar-refractivity contribution is 0.284. The molecule has 0 saturated heterocycles. The van der Waals surface area contributed by atoms with Crippen molar-refractivity contribution in [1.29, 1.82) is 0 Å². The highest BCUT2D eigenvalue weighted by Gasteiger charge is 2.22. The summed E-state index contributed by atoms with van der Waals surface area (Å²) < 4.78 is 7.50. The smallest absolute Gasteiger partial charge is 0.232 e. The lowest BCUT2D eigenvalue weighted by atomic mass is 10.5. The number of thioether (sulfide) groups is 1. The van der Waals surface area contributed by atoms with Gasteiger partial charge in [-0.2, -0.15) is 0 Å². The summed E-state index contributed by atoms with van der Waals surface area (Å²) in [5.41, 5.74) is 0. The maximum Gasteiger partial charge on any atom is 0.232 e. The Balaban J connectivity index is 1.87. The third-order valence-corrected chi connectivity index (χ3v) is 3.36. The summed E-state index contributed by atoms with van der Waals surface area (Å²) >= 11 is 1.77. The molecule has 1 heterocycles. The summed E-state index contributed by atoms with van der Waals surface area (Å²) in [4.78, 5) is 0. The Kier molecular flexibility index (Phi) is 3.01. The summed E-state index contributed by atoms with van der Waals surface area (Å²) in [7, 11) is 0. The quantitative estimate of drug-likeness (QED) is 0.750. The Morgan fingerprint density at radius 3 is 3.14 bits per heavy atom. The van der Waals surface area contributed by atoms with Crippen LogP contribution in [0.25, 0.3) is 0 Å². The summed E-state index contributed by atoms with van der Waals surface area (Å²) in [6.45, 7) is 2.97. The van der Waals surface area contributed by atoms with Crippen LogP contribution >= 0.6 is 11.8 Å². The highest BCUT2D eigenvalue weighted by Crippen LogP contribution is 2.29. The van der Waals surface area contributed by atoms with Gasteiger partial charge in [0.2, 0.25) is 5.88 Å². The van der Waals surface area contributed by atoms with E-state index in [9.17, 15) is 0 Å². The van der Waals surface area contributed by atoms with Crippen LogP contribution in [0.4, 0.5) is 0 Å². The molecule has 1 aliphatic rings. The SMILES string of the molecule is CSC(C)n1ccc(OCC2CC2)n1. The zero-order valence-corrected chi connectivity index (χ0v) is 9.46. The zero-order valence-electron chi connectivity index (χ0n) is 8.64. The van der Waals surface area contributed by atoms with Crippen molar-refractivity contribution in [2.75, 3.05) is 12.9 Å². The molecule has 0 radical (unpaired) electrons. The van der Waals surface area contributed by atoms with Crippen LogP contribution in [0.15, 0.2) is 12.3 Å². The van der Waals surface area contributed by atoms with Gasteiger partial charge in [0.25, 0.3) is 0 Å². The first-order valence-electron chi connectivity index (χ1n) is 5.00. The van der Waals surface area contributed by atoms with Crippen LogP contribution in [0.1, 0.15) is 25.1 Å². The fraction of sp³-hybridized carbons (Fsp3) is 0.700. The fourth-order valence-corrected chi connectivity index (χ4v) is 1.53. The molecule has 1 atom stereocenters. The number of nitrogens with zero attached hydrogens (tertiary/aromatic N) is 2. The third-order valence-electron chi connectivity index (χ3n) is 2.46. The topological polar surface area (TPSA) is 27.1 Å². The number of hydrogen-bond donors (Lipinski definition) is 0. The van der Waals surface area contributed by atoms with Crippen LogP contribution < -0.4 is 4.74 Å². The first-order valence-corrected chi connectivity index (χ1v) is 6.29. The molecule has 1 fully saturated rings. The van der Waals surface area contributed by atoms with Gasteiger partial charge in [-0.1, -0.05) is 0 Å². The van der Waals surface area contributed by atoms with E-state index in [0.717, 1.165) is 18.4 Å². The molecule has 1 saturated carbocycles. The molecule has 0 amide bonds. The number of hydrogen-bond acceptors (Lipinski definition) is 3. The minimum Gasteiger partial charge on any atom is -0.476 e. The van der Waals surface area contributed by atoms with Crippen molar-refractivity contribution < 1.29 is 4.74 Å². The minimum atomic E-state index is 0.383. The first kappa shape index (κ1) is 9.90. The molecule has 1 aromatic rings. The maximum absolute atomic E-state index is 5.56. The highest BCUT2D eigenvalue weighted by molar-refractivity contribution is 7.98. The molecule has 0 aromatic carbocycles. The molecule has 1 unspecified atom stereocenters. The third kappa shape index (κ3) is 2.44. The highest BCUT2D eigenvalue weighted by atomic mass is 32.2. The van der Waals surface area contributed by atoms with Gasteiger partial charge >= 0.3 is 0 Å². The standard InChI is InChI=1S/C10H16N2OS/c1-8(14-2)12-6-5-10(11-12)13-7-9-3-4-9/h5-6,8-9H,3-4,7H2,1-2H3. The predicted molar refractivity (Wildman–Crippen MR) is 58.7 cm³/mol. The van der Waals surface area contributed by atoms with E-state index in [4.69, 9.17) is 4.74 Å². The molecule has 0 bridgehead atoms. The average molecular weight is 212 g/mol. The van der Waals surface area contributed by atoms with Gasteiger partial charge in [0.1, 0.15) is 0 Å². The van der Waals surface area contributed by atoms with Crippen molar-refractivity contribution in [2.24, 2.45) is 5.92 Å². The van der Waals surface area contributed by atoms with Crippen molar-refractivity contribution in [3.05, 3.63) is 12.3 Å². The number of aromatic nitrogens is 2. The van der Waals surface area contributed by atoms with E-state index in [2.05, 4.69) is 18.3 Å². The molecule has 3 nitrogen and oxygen atoms in total. The second kappa shape index (κ2) is 4.26. The van der Waals surface area contributed by atoms with Gasteiger partial charge in [-0.15, -0.1) is 16.9 Å². The van der Waals surface area contributed by atoms with Gasteiger partial charge < -0.3 is 4.74 Å². The van der Waals surface area contributed by atoms with Gasteiger partial charge in [-0.3, -0.25) is 4.68 Å². The lowest BCUT2D eigenvalue weighted by Crippen LogP contribution is -2.03. The summed E-state index contributed by atoms with van der Waals surface area (Å²) in [6, 6.07) is 1.94. The Hall–Kier alpha value is -0.640. The second-order valence-electron chi connectivity index (χ2n) is 3.72. The summed E-state index contributed by atoms with van der Waals surface area (Å²) in [6.07, 6.45) is 6.70. The Morgan fingerprint density at radius 1 is 1.71 bits per heavy atom. The Morgan fingerprint density at radius 2 is 2.50 bits per heavy atom. The molecule has 78 valence electrons. The van der Waals surface area contributed by atoms with Crippen molar-refractivity contribution in [3.8, 4) is 5.88 Å². The first-order chi connectivity index (χ1) is 6.79. The number of ether oxygens (including phenoxy) is 1. The molecule has 4 heteroatoms. The van der Waals surface area contributed by atoms with Gasteiger partial charge in [-0.05, 0) is 31.9 Å². The summed E-state index contributed by atoms with van der Waals surface area (Å²) in [5.74, 6) is 1.55. The predicted octanol–water partition coefficient (Wildman–Crippen LogP) is 2.55. The largest absolute Gasteiger partial charge is 0.476 e. The van der Waals surface area contributed by atoms with Crippen molar-refractivity contribution in [2.45, 2.75) is 25.1 Å². The van der Waals surface area contributed by atoms with Gasteiger partial charge in [0, 0.05) is 12.3 Å². The molecule has 2 rings (SSSR count). The van der Waals surface area contributed by atoms with Gasteiger partial charge in [0.15, 0.2) is 0 Å². The molecule has 14 heavy (non-hydrogen) atoms. The van der Waals surface area contributed by atoms with E-state index in [0.29, 0.717) is 5.37 Å². The normalized spacial score (nSPS) is 18.1. The van der Waals surface area contributed by atoms with Gasteiger partial charge in [-0.25, -0.2) is 0 Å². The van der Waals surface area contributed by atoms with Crippen LogP contribution in [0.2, 0.25) is 0 Å². The van der Waals surface area contributed by atoms with Crippen LogP contribution in [-0.2, 0) is 0 Å². The second-order valence-corrected chi connectivity index (χ2v) is 4.88. The van der Waals surface area contributed by atoms with Crippen LogP contribution in [-0.4, -0.2) is 22.6 Å². The number of rotatable bonds is 5. The molecule has 0 spiro atoms. The molecule has 1 aliphatic carbocycles. The lowest BCUT2D eigenvalue weighted by Gasteiger charge is -2.07. The van der Waals surface area contributed by atoms with Crippen LogP contribution in [0, 0.1) is 5.92 Å². The monoisotopic (exact) mass is 212 g/mol. The average Bonchev–Trinajstić information content (AvgIpc) is 2.92. The van der Waals surface area contributed by atoms with E-state index in [1.807, 2.05) is 16.9 Å². The van der Waals surface area contributed by atoms with Crippen molar-refractivity contribution >= 4 is 11.8 Å². The van der Waals surface area contributed by atoms with Gasteiger partial charge in [0.05, 0.1) is 12.0 Å². The van der Waals surface area contributed by atoms with Crippen molar-refractivity contribution in [3.63, 3.8) is 0 Å². The summed E-state index contributed by atoms with van der Waals surface area (Å²) in [5, 5.41) is 4.74. The molecule has 0 N–H and O–H groups in total. The van der Waals surface area contributed by atoms with E-state index in [1.54, 1.807) is 11.8 Å². The molecular weight excluding hydrogens is 196 g/mol. The van der Waals surface area contributed by atoms with Crippen LogP contribution in [0.3, 0.4) is 0 Å². The van der Waals surface area contributed by atoms with Crippen LogP contribution in [0.5, 0.6) is 5.88 Å². The van der Waals surface area contributed by atoms with E-state index < -0.39 is 0 Å². The zero-order chi connectivity index (χ0) is 9.97. The maximum atomic E-state index is 5.56. The van der Waals surface area contributed by atoms with Crippen molar-refractivity contribution in [1.82, 2.24) is 9.78 Å². The fourth-order valence-electron chi connectivity index (χ4n) is 1.20. The molecule has 1 aromatic heterocycles. The Labute approximate surface area is 88.8 Å². The van der Waals surface area contributed by atoms with E-state index in [-0.39, 0.29) is 0 Å². The molecular formula is C10H16N2OS. The minimum absolute atomic E-state index is 0.383. The van der Waals surface area contributed by atoms with E-state index >= 15 is 0 Å². The van der Waals surface area contributed by atoms with E-state index in [1.165, 1.54) is 12.8 Å².